The van der Waals surface area contributed by atoms with Gasteiger partial charge in [-0.2, -0.15) is 11.8 Å². The molecule has 0 fully saturated rings. The van der Waals surface area contributed by atoms with E-state index in [2.05, 4.69) is 29.6 Å². The second-order valence-corrected chi connectivity index (χ2v) is 8.17. The number of aliphatic hydroxyl groups is 1. The van der Waals surface area contributed by atoms with Gasteiger partial charge < -0.3 is 5.11 Å². The van der Waals surface area contributed by atoms with Gasteiger partial charge in [0, 0.05) is 25.8 Å². The molecule has 3 heterocycles. The van der Waals surface area contributed by atoms with E-state index in [4.69, 9.17) is 0 Å². The largest absolute Gasteiger partial charge is 0.383 e. The Morgan fingerprint density at radius 3 is 3.00 bits per heavy atom. The van der Waals surface area contributed by atoms with E-state index in [1.54, 1.807) is 22.7 Å². The molecule has 1 aliphatic rings. The first-order valence-electron chi connectivity index (χ1n) is 6.66. The minimum absolute atomic E-state index is 0.480. The summed E-state index contributed by atoms with van der Waals surface area (Å²) in [4.78, 5) is 2.57. The van der Waals surface area contributed by atoms with Crippen LogP contribution in [-0.2, 0) is 12.2 Å². The Labute approximate surface area is 130 Å². The Balaban J connectivity index is 1.76. The molecule has 0 radical (unpaired) electrons. The summed E-state index contributed by atoms with van der Waals surface area (Å²) in [6, 6.07) is 10.5. The average Bonchev–Trinajstić information content (AvgIpc) is 3.10. The zero-order chi connectivity index (χ0) is 13.5. The van der Waals surface area contributed by atoms with Gasteiger partial charge in [0.1, 0.15) is 6.10 Å². The summed E-state index contributed by atoms with van der Waals surface area (Å²) in [6.45, 7) is 0. The summed E-state index contributed by atoms with van der Waals surface area (Å²) in [5.41, 5.74) is 2.48. The fourth-order valence-electron chi connectivity index (χ4n) is 2.67. The van der Waals surface area contributed by atoms with E-state index in [1.807, 2.05) is 17.8 Å². The van der Waals surface area contributed by atoms with Crippen LogP contribution in [-0.4, -0.2) is 10.9 Å². The summed E-state index contributed by atoms with van der Waals surface area (Å²) < 4.78 is 1.25. The Morgan fingerprint density at radius 2 is 2.10 bits per heavy atom. The van der Waals surface area contributed by atoms with E-state index in [0.29, 0.717) is 0 Å². The van der Waals surface area contributed by atoms with Crippen LogP contribution in [0.15, 0.2) is 35.7 Å². The fourth-order valence-corrected chi connectivity index (χ4v) is 6.03. The molecule has 1 atom stereocenters. The first-order valence-corrected chi connectivity index (χ1v) is 9.51. The predicted molar refractivity (Wildman–Crippen MR) is 90.1 cm³/mol. The van der Waals surface area contributed by atoms with Crippen LogP contribution in [0.4, 0.5) is 0 Å². The van der Waals surface area contributed by atoms with Crippen molar-refractivity contribution in [3.63, 3.8) is 0 Å². The highest BCUT2D eigenvalue weighted by molar-refractivity contribution is 7.98. The van der Waals surface area contributed by atoms with E-state index < -0.39 is 6.10 Å². The van der Waals surface area contributed by atoms with E-state index in [-0.39, 0.29) is 0 Å². The number of fused-ring (bicyclic) bond motifs is 2. The van der Waals surface area contributed by atoms with E-state index in [1.165, 1.54) is 26.3 Å². The molecule has 4 heteroatoms. The normalized spacial score (nSPS) is 16.2. The van der Waals surface area contributed by atoms with Gasteiger partial charge in [-0.25, -0.2) is 0 Å². The second kappa shape index (κ2) is 5.19. The molecule has 1 unspecified atom stereocenters. The molecule has 0 amide bonds. The molecule has 102 valence electrons. The number of aryl methyl sites for hydroxylation is 1. The van der Waals surface area contributed by atoms with Crippen LogP contribution in [0, 0.1) is 0 Å². The lowest BCUT2D eigenvalue weighted by Crippen LogP contribution is -1.96. The zero-order valence-corrected chi connectivity index (χ0v) is 13.3. The van der Waals surface area contributed by atoms with Crippen molar-refractivity contribution in [2.24, 2.45) is 0 Å². The van der Waals surface area contributed by atoms with Crippen LogP contribution in [0.1, 0.15) is 27.0 Å². The molecule has 2 aromatic heterocycles. The number of thiophene rings is 2. The van der Waals surface area contributed by atoms with Crippen molar-refractivity contribution in [2.75, 3.05) is 5.75 Å². The lowest BCUT2D eigenvalue weighted by atomic mass is 10.1. The Morgan fingerprint density at radius 1 is 1.20 bits per heavy atom. The van der Waals surface area contributed by atoms with Crippen LogP contribution >= 0.6 is 34.4 Å². The molecule has 0 spiro atoms. The molecular formula is C16H14OS3. The van der Waals surface area contributed by atoms with Gasteiger partial charge in [-0.05, 0) is 40.6 Å². The molecule has 0 saturated carbocycles. The van der Waals surface area contributed by atoms with Crippen LogP contribution in [0.5, 0.6) is 0 Å². The molecule has 0 aliphatic carbocycles. The molecule has 1 N–H and O–H groups in total. The fraction of sp³-hybridized carbons (Fsp3) is 0.250. The average molecular weight is 318 g/mol. The van der Waals surface area contributed by atoms with Crippen molar-refractivity contribution in [3.8, 4) is 0 Å². The highest BCUT2D eigenvalue weighted by Gasteiger charge is 2.21. The number of hydrogen-bond acceptors (Lipinski definition) is 4. The zero-order valence-electron chi connectivity index (χ0n) is 10.8. The molecule has 1 aliphatic heterocycles. The van der Waals surface area contributed by atoms with E-state index >= 15 is 0 Å². The van der Waals surface area contributed by atoms with E-state index in [0.717, 1.165) is 22.6 Å². The third-order valence-electron chi connectivity index (χ3n) is 3.72. The maximum absolute atomic E-state index is 10.7. The number of hydrogen-bond donors (Lipinski definition) is 1. The maximum atomic E-state index is 10.7. The monoisotopic (exact) mass is 318 g/mol. The van der Waals surface area contributed by atoms with Gasteiger partial charge >= 0.3 is 0 Å². The minimum atomic E-state index is -0.480. The van der Waals surface area contributed by atoms with E-state index in [9.17, 15) is 5.11 Å². The van der Waals surface area contributed by atoms with Gasteiger partial charge in [0.25, 0.3) is 0 Å². The molecular weight excluding hydrogens is 304 g/mol. The van der Waals surface area contributed by atoms with Gasteiger partial charge in [-0.3, -0.25) is 0 Å². The molecule has 0 saturated heterocycles. The van der Waals surface area contributed by atoms with Crippen LogP contribution in [0.3, 0.4) is 0 Å². The van der Waals surface area contributed by atoms with Crippen LogP contribution in [0.2, 0.25) is 0 Å². The molecule has 3 aromatic rings. The predicted octanol–water partition coefficient (Wildman–Crippen LogP) is 4.83. The lowest BCUT2D eigenvalue weighted by Gasteiger charge is -2.08. The highest BCUT2D eigenvalue weighted by atomic mass is 32.2. The molecule has 0 bridgehead atoms. The number of rotatable bonds is 2. The summed E-state index contributed by atoms with van der Waals surface area (Å²) in [5.74, 6) is 2.31. The smallest absolute Gasteiger partial charge is 0.115 e. The summed E-state index contributed by atoms with van der Waals surface area (Å²) in [6.07, 6.45) is 0.675. The Hall–Kier alpha value is -0.810. The first-order chi connectivity index (χ1) is 9.83. The van der Waals surface area contributed by atoms with Crippen molar-refractivity contribution >= 4 is 44.5 Å². The molecule has 20 heavy (non-hydrogen) atoms. The Bertz CT molecular complexity index is 733. The summed E-state index contributed by atoms with van der Waals surface area (Å²) in [7, 11) is 0. The SMILES string of the molecule is OC(c1cc2c(s1)CCSC2)c1csc2ccccc12. The second-order valence-electron chi connectivity index (χ2n) is 4.99. The minimum Gasteiger partial charge on any atom is -0.383 e. The van der Waals surface area contributed by atoms with Gasteiger partial charge in [0.05, 0.1) is 0 Å². The van der Waals surface area contributed by atoms with Crippen molar-refractivity contribution in [1.82, 2.24) is 0 Å². The van der Waals surface area contributed by atoms with Crippen LogP contribution in [0.25, 0.3) is 10.1 Å². The summed E-state index contributed by atoms with van der Waals surface area (Å²) in [5, 5.41) is 14.0. The number of thioether (sulfide) groups is 1. The van der Waals surface area contributed by atoms with Crippen molar-refractivity contribution < 1.29 is 5.11 Å². The molecule has 1 nitrogen and oxygen atoms in total. The molecule has 4 rings (SSSR count). The van der Waals surface area contributed by atoms with Gasteiger partial charge in [-0.15, -0.1) is 22.7 Å². The lowest BCUT2D eigenvalue weighted by molar-refractivity contribution is 0.226. The topological polar surface area (TPSA) is 20.2 Å². The van der Waals surface area contributed by atoms with Gasteiger partial charge in [0.2, 0.25) is 0 Å². The van der Waals surface area contributed by atoms with Crippen molar-refractivity contribution in [1.29, 1.82) is 0 Å². The Kier molecular flexibility index (Phi) is 3.34. The third-order valence-corrected chi connectivity index (χ3v) is 7.00. The van der Waals surface area contributed by atoms with Crippen molar-refractivity contribution in [2.45, 2.75) is 18.3 Å². The number of aliphatic hydroxyl groups excluding tert-OH is 1. The first kappa shape index (κ1) is 12.9. The van der Waals surface area contributed by atoms with Crippen LogP contribution < -0.4 is 0 Å². The molecule has 1 aromatic carbocycles. The number of benzene rings is 1. The standard InChI is InChI=1S/C16H14OS3/c17-16(12-9-19-14-4-2-1-3-11(12)14)15-7-10-8-18-6-5-13(10)20-15/h1-4,7,9,16-17H,5-6,8H2. The van der Waals surface area contributed by atoms with Crippen molar-refractivity contribution in [3.05, 3.63) is 56.6 Å². The quantitative estimate of drug-likeness (QED) is 0.730. The van der Waals surface area contributed by atoms with Gasteiger partial charge in [0.15, 0.2) is 0 Å². The maximum Gasteiger partial charge on any atom is 0.115 e. The highest BCUT2D eigenvalue weighted by Crippen LogP contribution is 2.39. The van der Waals surface area contributed by atoms with Gasteiger partial charge in [-0.1, -0.05) is 18.2 Å². The third kappa shape index (κ3) is 2.11. The summed E-state index contributed by atoms with van der Waals surface area (Å²) >= 11 is 5.49.